The van der Waals surface area contributed by atoms with E-state index in [9.17, 15) is 117 Å². The van der Waals surface area contributed by atoms with Crippen molar-refractivity contribution >= 4 is 11.8 Å². The van der Waals surface area contributed by atoms with E-state index < -0.39 is 273 Å². The third-order valence-electron chi connectivity index (χ3n) is 15.3. The van der Waals surface area contributed by atoms with Crippen molar-refractivity contribution in [1.29, 1.82) is 0 Å². The molecule has 38 heteroatoms. The highest BCUT2D eigenvalue weighted by Gasteiger charge is 2.58. The monoisotopic (exact) mass is 1230 g/mol. The molecular weight excluding hydrogens is 1160 g/mol. The predicted octanol–water partition coefficient (Wildman–Crippen LogP) is -16.0. The molecule has 38 nitrogen and oxygen atoms in total. The largest absolute Gasteiger partial charge is 0.394 e. The number of nitrogens with one attached hydrogen (secondary N) is 2. The average Bonchev–Trinajstić information content (AvgIpc) is 3.67. The van der Waals surface area contributed by atoms with Gasteiger partial charge in [0.1, 0.15) is 171 Å². The van der Waals surface area contributed by atoms with Crippen LogP contribution in [-0.2, 0) is 71.2 Å². The zero-order valence-electron chi connectivity index (χ0n) is 44.7. The summed E-state index contributed by atoms with van der Waals surface area (Å²) in [6.07, 6.45) is -65.7. The van der Waals surface area contributed by atoms with Gasteiger partial charge >= 0.3 is 0 Å². The van der Waals surface area contributed by atoms with Crippen molar-refractivity contribution in [3.05, 3.63) is 0 Å². The number of carbonyl (C=O) groups excluding carboxylic acids is 2. The second-order valence-corrected chi connectivity index (χ2v) is 21.1. The van der Waals surface area contributed by atoms with E-state index in [2.05, 4.69) is 10.6 Å². The van der Waals surface area contributed by atoms with Crippen molar-refractivity contribution in [2.24, 2.45) is 0 Å². The minimum atomic E-state index is -2.42. The molecule has 7 fully saturated rings. The molecule has 0 saturated carbocycles. The van der Waals surface area contributed by atoms with Crippen molar-refractivity contribution in [2.45, 2.75) is 229 Å². The van der Waals surface area contributed by atoms with Gasteiger partial charge in [0.25, 0.3) is 0 Å². The van der Waals surface area contributed by atoms with Crippen molar-refractivity contribution < 1.29 is 178 Å². The van der Waals surface area contributed by atoms with Crippen LogP contribution in [0.2, 0.25) is 0 Å². The summed E-state index contributed by atoms with van der Waals surface area (Å²) in [6.45, 7) is -4.77. The van der Waals surface area contributed by atoms with E-state index in [0.29, 0.717) is 0 Å². The molecule has 7 saturated heterocycles. The Balaban J connectivity index is 1.20. The van der Waals surface area contributed by atoms with Crippen molar-refractivity contribution in [3.8, 4) is 0 Å². The molecule has 1 unspecified atom stereocenters. The van der Waals surface area contributed by atoms with Gasteiger partial charge in [0.2, 0.25) is 11.8 Å². The minimum Gasteiger partial charge on any atom is -0.394 e. The van der Waals surface area contributed by atoms with Crippen LogP contribution in [0.1, 0.15) is 13.8 Å². The van der Waals surface area contributed by atoms with Crippen LogP contribution in [0.15, 0.2) is 0 Å². The summed E-state index contributed by atoms with van der Waals surface area (Å²) >= 11 is 0. The third-order valence-corrected chi connectivity index (χ3v) is 15.3. The first-order valence-corrected chi connectivity index (χ1v) is 26.6. The molecule has 0 aliphatic carbocycles. The van der Waals surface area contributed by atoms with E-state index in [0.717, 1.165) is 13.8 Å². The fraction of sp³-hybridized carbons (Fsp3) is 0.957. The number of amides is 2. The van der Waals surface area contributed by atoms with Crippen LogP contribution in [0, 0.1) is 0 Å². The van der Waals surface area contributed by atoms with Gasteiger partial charge < -0.3 is 179 Å². The van der Waals surface area contributed by atoms with Crippen LogP contribution in [0.5, 0.6) is 0 Å². The molecule has 84 heavy (non-hydrogen) atoms. The predicted molar refractivity (Wildman–Crippen MR) is 255 cm³/mol. The minimum absolute atomic E-state index is 0.742. The Labute approximate surface area is 475 Å². The van der Waals surface area contributed by atoms with Crippen LogP contribution in [0.3, 0.4) is 0 Å². The molecule has 7 rings (SSSR count). The summed E-state index contributed by atoms with van der Waals surface area (Å²) in [5.74, 6) is -1.62. The smallest absolute Gasteiger partial charge is 0.217 e. The van der Waals surface area contributed by atoms with Crippen LogP contribution in [0.4, 0.5) is 0 Å². The second-order valence-electron chi connectivity index (χ2n) is 21.1. The maximum absolute atomic E-state index is 12.7. The summed E-state index contributed by atoms with van der Waals surface area (Å²) in [5.41, 5.74) is 0. The number of hydrogen-bond donors (Lipinski definition) is 23. The maximum Gasteiger partial charge on any atom is 0.217 e. The topological polar surface area (TPSA) is 603 Å². The summed E-state index contributed by atoms with van der Waals surface area (Å²) in [5, 5.41) is 231. The summed E-state index contributed by atoms with van der Waals surface area (Å²) < 4.78 is 74.4. The third kappa shape index (κ3) is 14.9. The standard InChI is InChI=1S/C46H78N2O36/c1-10(54)47-19-26(61)36(15(6-52)74-40(19)71)81-41-20(48-11(2)55)27(62)37(16(7-53)78-41)82-45-34(69)39(25(60)17(79-45)8-72-42-31(66)28(63)21(56)12(3-49)75-42)84-46-35(70)38(83-44-33(68)30(65)23(58)14(5-51)77-44)24(59)18(80-46)9-73-43-32(67)29(64)22(57)13(4-50)76-43/h12-46,49-53,56-71H,3-9H2,1-2H3,(H,47,54)(H,48,55)/t12-,13-,14-,15-,16-,17-,18-,19-,20-,21-,22-,23-,24-,25-,26-,27-,28+,29+,30+,31+,32+,33+,34+,35+,36-,37-,38+,39+,40?,41+,42+,43+,44-,45+,46-/m1/s1. The fourth-order valence-corrected chi connectivity index (χ4v) is 10.6. The molecule has 0 aromatic carbocycles. The van der Waals surface area contributed by atoms with Gasteiger partial charge in [-0.25, -0.2) is 0 Å². The molecule has 0 aromatic rings. The number of rotatable bonds is 21. The first kappa shape index (κ1) is 69.1. The van der Waals surface area contributed by atoms with Gasteiger partial charge in [0, 0.05) is 13.8 Å². The number of carbonyl (C=O) groups is 2. The number of ether oxygens (including phenoxy) is 13. The maximum atomic E-state index is 12.7. The van der Waals surface area contributed by atoms with Crippen molar-refractivity contribution in [1.82, 2.24) is 10.6 Å². The zero-order chi connectivity index (χ0) is 61.9. The molecule has 7 aliphatic heterocycles. The van der Waals surface area contributed by atoms with Crippen molar-refractivity contribution in [3.63, 3.8) is 0 Å². The van der Waals surface area contributed by atoms with Gasteiger partial charge in [-0.2, -0.15) is 0 Å². The summed E-state index contributed by atoms with van der Waals surface area (Å²) in [7, 11) is 0. The van der Waals surface area contributed by atoms with Crippen LogP contribution in [-0.4, -0.2) is 380 Å². The lowest BCUT2D eigenvalue weighted by molar-refractivity contribution is -0.394. The van der Waals surface area contributed by atoms with Gasteiger partial charge in [0.15, 0.2) is 44.0 Å². The number of hydrogen-bond acceptors (Lipinski definition) is 36. The van der Waals surface area contributed by atoms with Crippen LogP contribution >= 0.6 is 0 Å². The Morgan fingerprint density at radius 2 is 0.607 bits per heavy atom. The Morgan fingerprint density at radius 3 is 1.00 bits per heavy atom. The van der Waals surface area contributed by atoms with Crippen LogP contribution in [0.25, 0.3) is 0 Å². The molecule has 0 spiro atoms. The van der Waals surface area contributed by atoms with Gasteiger partial charge in [-0.15, -0.1) is 0 Å². The lowest BCUT2D eigenvalue weighted by atomic mass is 9.94. The van der Waals surface area contributed by atoms with E-state index in [1.807, 2.05) is 0 Å². The molecule has 2 amide bonds. The highest BCUT2D eigenvalue weighted by Crippen LogP contribution is 2.37. The van der Waals surface area contributed by atoms with E-state index in [1.54, 1.807) is 0 Å². The lowest BCUT2D eigenvalue weighted by Gasteiger charge is -2.50. The molecule has 0 aromatic heterocycles. The SMILES string of the molecule is CC(=O)N[C@H]1[C@H](O[C@H]2[C@H](O)[C@@H](NC(C)=O)C(O)O[C@@H]2CO)O[C@H](CO)[C@@H](O[C@@H]2O[C@H](CO[C@H]3O[C@H](CO)[C@@H](O)[C@H](O)[C@@H]3O)[C@@H](O)[C@H](O[C@H]3O[C@H](CO[C@H]4O[C@H](CO)[C@@H](O)[C@H](O)[C@@H]4O)[C@@H](O)[C@H](O[C@H]4O[C@H](CO)[C@@H](O)[C@H](O)[C@@H]4O)[C@@H]3O)[C@@H]2O)[C@@H]1O. The van der Waals surface area contributed by atoms with Gasteiger partial charge in [0.05, 0.1) is 46.2 Å². The highest BCUT2D eigenvalue weighted by atomic mass is 16.8. The zero-order valence-corrected chi connectivity index (χ0v) is 44.7. The van der Waals surface area contributed by atoms with E-state index in [4.69, 9.17) is 61.6 Å². The number of aliphatic hydroxyl groups is 21. The molecule has 35 atom stereocenters. The van der Waals surface area contributed by atoms with E-state index in [-0.39, 0.29) is 0 Å². The van der Waals surface area contributed by atoms with Crippen LogP contribution < -0.4 is 10.6 Å². The normalized spacial score (nSPS) is 50.3. The summed E-state index contributed by atoms with van der Waals surface area (Å²) in [6, 6.07) is -3.39. The molecule has 488 valence electrons. The first-order chi connectivity index (χ1) is 39.7. The Hall–Kier alpha value is -2.42. The average molecular weight is 1240 g/mol. The molecule has 7 heterocycles. The van der Waals surface area contributed by atoms with E-state index >= 15 is 0 Å². The summed E-state index contributed by atoms with van der Waals surface area (Å²) in [4.78, 5) is 24.7. The molecular formula is C46H78N2O36. The van der Waals surface area contributed by atoms with Gasteiger partial charge in [-0.1, -0.05) is 0 Å². The van der Waals surface area contributed by atoms with E-state index in [1.165, 1.54) is 0 Å². The lowest BCUT2D eigenvalue weighted by Crippen LogP contribution is -2.70. The first-order valence-electron chi connectivity index (χ1n) is 26.6. The fourth-order valence-electron chi connectivity index (χ4n) is 10.6. The number of aliphatic hydroxyl groups excluding tert-OH is 21. The van der Waals surface area contributed by atoms with Crippen molar-refractivity contribution in [2.75, 3.05) is 46.2 Å². The molecule has 0 radical (unpaired) electrons. The van der Waals surface area contributed by atoms with Gasteiger partial charge in [-0.3, -0.25) is 9.59 Å². The quantitative estimate of drug-likeness (QED) is 0.0507. The Bertz CT molecular complexity index is 2060. The van der Waals surface area contributed by atoms with Gasteiger partial charge in [-0.05, 0) is 0 Å². The molecule has 23 N–H and O–H groups in total. The molecule has 7 aliphatic rings. The highest BCUT2D eigenvalue weighted by molar-refractivity contribution is 5.73. The second kappa shape index (κ2) is 29.9. The Kier molecular flexibility index (Phi) is 24.6. The molecule has 0 bridgehead atoms. The Morgan fingerprint density at radius 1 is 0.310 bits per heavy atom.